The predicted molar refractivity (Wildman–Crippen MR) is 49.3 cm³/mol. The first-order valence-corrected chi connectivity index (χ1v) is 6.74. The van der Waals surface area contributed by atoms with Gasteiger partial charge in [-0.25, -0.2) is 0 Å². The molecule has 0 heterocycles. The average molecular weight is 209 g/mol. The van der Waals surface area contributed by atoms with Gasteiger partial charge < -0.3 is 5.26 Å². The van der Waals surface area contributed by atoms with Crippen molar-refractivity contribution in [1.29, 1.82) is 0 Å². The van der Waals surface area contributed by atoms with Crippen molar-refractivity contribution in [2.45, 2.75) is 39.5 Å². The number of hydrogen-bond acceptors (Lipinski definition) is 4. The van der Waals surface area contributed by atoms with Gasteiger partial charge in [-0.05, 0) is 12.8 Å². The monoisotopic (exact) mass is 209 g/mol. The van der Waals surface area contributed by atoms with Crippen LogP contribution in [0.5, 0.6) is 0 Å². The number of unbranched alkanes of at least 4 members (excludes halogenated alkanes) is 2. The van der Waals surface area contributed by atoms with Crippen molar-refractivity contribution in [2.24, 2.45) is 0 Å². The molecule has 0 aliphatic heterocycles. The lowest BCUT2D eigenvalue weighted by Crippen LogP contribution is -2.08. The van der Waals surface area contributed by atoms with E-state index in [0.717, 1.165) is 25.7 Å². The molecule has 0 fully saturated rings. The second-order valence-electron chi connectivity index (χ2n) is 3.11. The summed E-state index contributed by atoms with van der Waals surface area (Å²) in [5.74, 6) is 0. The summed E-state index contributed by atoms with van der Waals surface area (Å²) in [4.78, 5) is 0. The van der Waals surface area contributed by atoms with E-state index in [1.165, 1.54) is 0 Å². The molecule has 0 unspecified atom stereocenters. The first-order valence-electron chi connectivity index (χ1n) is 4.75. The molecule has 13 heavy (non-hydrogen) atoms. The van der Waals surface area contributed by atoms with Crippen molar-refractivity contribution < 1.29 is 19.5 Å². The zero-order chi connectivity index (χ0) is 10.2. The molecule has 0 saturated heterocycles. The summed E-state index contributed by atoms with van der Waals surface area (Å²) >= 11 is 0. The fourth-order valence-electron chi connectivity index (χ4n) is 1.04. The molecule has 0 amide bonds. The van der Waals surface area contributed by atoms with E-state index >= 15 is 0 Å². The molecule has 4 nitrogen and oxygen atoms in total. The van der Waals surface area contributed by atoms with Crippen LogP contribution < -0.4 is 5.26 Å². The van der Waals surface area contributed by atoms with Gasteiger partial charge >= 0.3 is 0 Å². The highest BCUT2D eigenvalue weighted by molar-refractivity contribution is 7.58. The SMILES string of the molecule is CCCCP(=O)(CCCC)OO[O-]. The van der Waals surface area contributed by atoms with E-state index in [0.29, 0.717) is 12.3 Å². The Kier molecular flexibility index (Phi) is 7.57. The summed E-state index contributed by atoms with van der Waals surface area (Å²) in [5, 5.41) is 13.1. The van der Waals surface area contributed by atoms with E-state index in [-0.39, 0.29) is 0 Å². The summed E-state index contributed by atoms with van der Waals surface area (Å²) < 4.78 is 16.1. The fraction of sp³-hybridized carbons (Fsp3) is 1.00. The fourth-order valence-corrected chi connectivity index (χ4v) is 3.12. The average Bonchev–Trinajstić information content (AvgIpc) is 2.12. The van der Waals surface area contributed by atoms with Gasteiger partial charge in [-0.1, -0.05) is 26.7 Å². The molecule has 0 rings (SSSR count). The molecule has 0 saturated carbocycles. The van der Waals surface area contributed by atoms with Gasteiger partial charge in [-0.2, -0.15) is 4.67 Å². The molecule has 0 aromatic heterocycles. The van der Waals surface area contributed by atoms with E-state index in [4.69, 9.17) is 0 Å². The molecule has 0 aliphatic rings. The van der Waals surface area contributed by atoms with E-state index in [1.54, 1.807) is 0 Å². The highest BCUT2D eigenvalue weighted by Gasteiger charge is 2.21. The van der Waals surface area contributed by atoms with Gasteiger partial charge in [0.2, 0.25) is 7.37 Å². The lowest BCUT2D eigenvalue weighted by atomic mass is 10.4. The van der Waals surface area contributed by atoms with Gasteiger partial charge in [0, 0.05) is 12.3 Å². The van der Waals surface area contributed by atoms with Crippen LogP contribution in [0.3, 0.4) is 0 Å². The van der Waals surface area contributed by atoms with Crippen molar-refractivity contribution in [1.82, 2.24) is 0 Å². The third-order valence-corrected chi connectivity index (χ3v) is 4.20. The maximum Gasteiger partial charge on any atom is 0.234 e. The lowest BCUT2D eigenvalue weighted by molar-refractivity contribution is -0.779. The highest BCUT2D eigenvalue weighted by atomic mass is 31.2. The molecule has 0 aliphatic carbocycles. The van der Waals surface area contributed by atoms with Gasteiger partial charge in [-0.3, -0.25) is 9.60 Å². The van der Waals surface area contributed by atoms with E-state index < -0.39 is 7.37 Å². The van der Waals surface area contributed by atoms with Crippen molar-refractivity contribution in [3.63, 3.8) is 0 Å². The smallest absolute Gasteiger partial charge is 0.234 e. The van der Waals surface area contributed by atoms with Gasteiger partial charge in [-0.15, -0.1) is 0 Å². The van der Waals surface area contributed by atoms with Crippen LogP contribution in [-0.4, -0.2) is 12.3 Å². The summed E-state index contributed by atoms with van der Waals surface area (Å²) in [7, 11) is -2.79. The first-order chi connectivity index (χ1) is 6.18. The van der Waals surface area contributed by atoms with E-state index in [2.05, 4.69) is 9.71 Å². The Morgan fingerprint density at radius 2 is 1.62 bits per heavy atom. The minimum absolute atomic E-state index is 0.450. The second kappa shape index (κ2) is 7.51. The first kappa shape index (κ1) is 13.1. The van der Waals surface area contributed by atoms with Crippen LogP contribution in [0.4, 0.5) is 0 Å². The van der Waals surface area contributed by atoms with Crippen LogP contribution in [-0.2, 0) is 14.3 Å². The van der Waals surface area contributed by atoms with E-state index in [9.17, 15) is 9.82 Å². The van der Waals surface area contributed by atoms with Gasteiger partial charge in [0.1, 0.15) is 0 Å². The Bertz CT molecular complexity index is 148. The molecule has 0 N–H and O–H groups in total. The van der Waals surface area contributed by atoms with Crippen LogP contribution in [0.2, 0.25) is 0 Å². The molecule has 0 aromatic carbocycles. The van der Waals surface area contributed by atoms with Crippen molar-refractivity contribution in [3.05, 3.63) is 0 Å². The molecular weight excluding hydrogens is 191 g/mol. The summed E-state index contributed by atoms with van der Waals surface area (Å²) in [5.41, 5.74) is 0. The van der Waals surface area contributed by atoms with Crippen LogP contribution in [0, 0.1) is 0 Å². The second-order valence-corrected chi connectivity index (χ2v) is 5.78. The predicted octanol–water partition coefficient (Wildman–Crippen LogP) is 2.09. The molecule has 0 aromatic rings. The molecular formula is C8H18O4P-. The largest absolute Gasteiger partial charge is 0.692 e. The lowest BCUT2D eigenvalue weighted by Gasteiger charge is -2.18. The Morgan fingerprint density at radius 3 is 1.92 bits per heavy atom. The molecule has 0 atom stereocenters. The Morgan fingerprint density at radius 1 is 1.15 bits per heavy atom. The van der Waals surface area contributed by atoms with Crippen molar-refractivity contribution in [3.8, 4) is 0 Å². The minimum Gasteiger partial charge on any atom is -0.692 e. The Hall–Kier alpha value is 0.110. The molecule has 0 radical (unpaired) electrons. The quantitative estimate of drug-likeness (QED) is 0.349. The molecule has 80 valence electrons. The molecule has 0 bridgehead atoms. The molecule has 5 heteroatoms. The van der Waals surface area contributed by atoms with E-state index in [1.807, 2.05) is 13.8 Å². The summed E-state index contributed by atoms with van der Waals surface area (Å²) in [6.45, 7) is 4.00. The minimum atomic E-state index is -2.79. The van der Waals surface area contributed by atoms with Gasteiger partial charge in [0.15, 0.2) is 0 Å². The number of rotatable bonds is 8. The van der Waals surface area contributed by atoms with Gasteiger partial charge in [0.25, 0.3) is 0 Å². The van der Waals surface area contributed by atoms with Crippen LogP contribution in [0.1, 0.15) is 39.5 Å². The Labute approximate surface area is 79.6 Å². The zero-order valence-electron chi connectivity index (χ0n) is 8.32. The third kappa shape index (κ3) is 6.22. The topological polar surface area (TPSA) is 58.6 Å². The third-order valence-electron chi connectivity index (χ3n) is 1.87. The van der Waals surface area contributed by atoms with Crippen LogP contribution in [0.15, 0.2) is 0 Å². The zero-order valence-corrected chi connectivity index (χ0v) is 9.22. The van der Waals surface area contributed by atoms with Gasteiger partial charge in [0.05, 0.1) is 0 Å². The van der Waals surface area contributed by atoms with Crippen molar-refractivity contribution >= 4 is 7.37 Å². The number of hydrogen-bond donors (Lipinski definition) is 0. The summed E-state index contributed by atoms with van der Waals surface area (Å²) in [6.07, 6.45) is 4.41. The molecule has 0 spiro atoms. The maximum atomic E-state index is 11.8. The Balaban J connectivity index is 3.92. The normalized spacial score (nSPS) is 11.9. The van der Waals surface area contributed by atoms with Crippen LogP contribution >= 0.6 is 7.37 Å². The van der Waals surface area contributed by atoms with Crippen LogP contribution in [0.25, 0.3) is 0 Å². The standard InChI is InChI=1S/C8H19O4P/c1-3-5-7-13(10,12-11-9)8-6-4-2/h9H,3-8H2,1-2H3/p-1. The summed E-state index contributed by atoms with van der Waals surface area (Å²) in [6, 6.07) is 0. The highest BCUT2D eigenvalue weighted by Crippen LogP contribution is 2.48. The van der Waals surface area contributed by atoms with Crippen molar-refractivity contribution in [2.75, 3.05) is 12.3 Å². The maximum absolute atomic E-state index is 11.8.